The largest absolute Gasteiger partial charge is 0.497 e. The SMILES string of the molecule is COc1cccc(C(=O)N2CCNC(=O)C2Cc2nc(-c3ccccc3)no2)c1. The highest BCUT2D eigenvalue weighted by Gasteiger charge is 2.35. The first-order valence-corrected chi connectivity index (χ1v) is 9.26. The van der Waals surface area contributed by atoms with Crippen LogP contribution in [-0.2, 0) is 11.2 Å². The lowest BCUT2D eigenvalue weighted by atomic mass is 10.1. The summed E-state index contributed by atoms with van der Waals surface area (Å²) >= 11 is 0. The van der Waals surface area contributed by atoms with Crippen LogP contribution in [-0.4, -0.2) is 53.1 Å². The summed E-state index contributed by atoms with van der Waals surface area (Å²) in [5.41, 5.74) is 1.28. The first-order valence-electron chi connectivity index (χ1n) is 9.26. The molecule has 1 aromatic heterocycles. The van der Waals surface area contributed by atoms with Gasteiger partial charge in [-0.05, 0) is 18.2 Å². The van der Waals surface area contributed by atoms with Gasteiger partial charge in [-0.15, -0.1) is 0 Å². The molecule has 1 saturated heterocycles. The minimum Gasteiger partial charge on any atom is -0.497 e. The number of amides is 2. The minimum absolute atomic E-state index is 0.140. The Morgan fingerprint density at radius 2 is 2.07 bits per heavy atom. The maximum Gasteiger partial charge on any atom is 0.254 e. The summed E-state index contributed by atoms with van der Waals surface area (Å²) in [4.78, 5) is 31.5. The van der Waals surface area contributed by atoms with E-state index >= 15 is 0 Å². The molecule has 1 fully saturated rings. The maximum absolute atomic E-state index is 13.1. The zero-order chi connectivity index (χ0) is 20.2. The first kappa shape index (κ1) is 18.7. The van der Waals surface area contributed by atoms with E-state index < -0.39 is 6.04 Å². The molecule has 3 aromatic rings. The summed E-state index contributed by atoms with van der Waals surface area (Å²) in [6, 6.07) is 15.6. The van der Waals surface area contributed by atoms with Crippen molar-refractivity contribution in [3.05, 3.63) is 66.1 Å². The minimum atomic E-state index is -0.730. The fourth-order valence-corrected chi connectivity index (χ4v) is 3.29. The highest BCUT2D eigenvalue weighted by Crippen LogP contribution is 2.20. The van der Waals surface area contributed by atoms with Crippen molar-refractivity contribution in [2.24, 2.45) is 0 Å². The number of rotatable bonds is 5. The second kappa shape index (κ2) is 8.14. The van der Waals surface area contributed by atoms with E-state index in [1.165, 1.54) is 0 Å². The molecule has 2 heterocycles. The van der Waals surface area contributed by atoms with Gasteiger partial charge in [0, 0.05) is 24.2 Å². The van der Waals surface area contributed by atoms with E-state index in [-0.39, 0.29) is 18.2 Å². The molecule has 1 atom stereocenters. The maximum atomic E-state index is 13.1. The summed E-state index contributed by atoms with van der Waals surface area (Å²) in [5.74, 6) is 0.841. The molecule has 1 aliphatic heterocycles. The van der Waals surface area contributed by atoms with Gasteiger partial charge in [0.25, 0.3) is 5.91 Å². The molecule has 0 bridgehead atoms. The third kappa shape index (κ3) is 3.96. The number of ether oxygens (including phenoxy) is 1. The monoisotopic (exact) mass is 392 g/mol. The third-order valence-electron chi connectivity index (χ3n) is 4.78. The number of nitrogens with zero attached hydrogens (tertiary/aromatic N) is 3. The molecule has 0 spiro atoms. The Morgan fingerprint density at radius 3 is 2.86 bits per heavy atom. The van der Waals surface area contributed by atoms with E-state index in [0.29, 0.717) is 36.1 Å². The molecule has 8 nitrogen and oxygen atoms in total. The molecule has 2 amide bonds. The van der Waals surface area contributed by atoms with Crippen molar-refractivity contribution in [2.45, 2.75) is 12.5 Å². The second-order valence-corrected chi connectivity index (χ2v) is 6.62. The van der Waals surface area contributed by atoms with Crippen molar-refractivity contribution in [1.82, 2.24) is 20.4 Å². The van der Waals surface area contributed by atoms with E-state index in [2.05, 4.69) is 15.5 Å². The van der Waals surface area contributed by atoms with Crippen LogP contribution in [0.15, 0.2) is 59.1 Å². The highest BCUT2D eigenvalue weighted by molar-refractivity contribution is 5.98. The standard InChI is InChI=1S/C21H20N4O4/c1-28-16-9-5-8-15(12-16)21(27)25-11-10-22-20(26)17(25)13-18-23-19(24-29-18)14-6-3-2-4-7-14/h2-9,12,17H,10-11,13H2,1H3,(H,22,26). The van der Waals surface area contributed by atoms with Crippen LogP contribution < -0.4 is 10.1 Å². The normalized spacial score (nSPS) is 16.4. The molecular weight excluding hydrogens is 372 g/mol. The molecule has 8 heteroatoms. The van der Waals surface area contributed by atoms with Gasteiger partial charge in [-0.1, -0.05) is 41.6 Å². The molecule has 2 aromatic carbocycles. The summed E-state index contributed by atoms with van der Waals surface area (Å²) in [6.45, 7) is 0.788. The van der Waals surface area contributed by atoms with Gasteiger partial charge in [-0.25, -0.2) is 0 Å². The zero-order valence-corrected chi connectivity index (χ0v) is 15.9. The summed E-state index contributed by atoms with van der Waals surface area (Å²) in [7, 11) is 1.54. The number of aromatic nitrogens is 2. The van der Waals surface area contributed by atoms with Crippen molar-refractivity contribution < 1.29 is 18.8 Å². The van der Waals surface area contributed by atoms with Crippen LogP contribution in [0.3, 0.4) is 0 Å². The number of nitrogens with one attached hydrogen (secondary N) is 1. The Labute approximate surface area is 167 Å². The van der Waals surface area contributed by atoms with E-state index in [1.54, 1.807) is 36.3 Å². The Kier molecular flexibility index (Phi) is 5.24. The average Bonchev–Trinajstić information content (AvgIpc) is 3.24. The predicted molar refractivity (Wildman–Crippen MR) is 104 cm³/mol. The Morgan fingerprint density at radius 1 is 1.24 bits per heavy atom. The lowest BCUT2D eigenvalue weighted by Crippen LogP contribution is -2.58. The van der Waals surface area contributed by atoms with E-state index in [9.17, 15) is 9.59 Å². The van der Waals surface area contributed by atoms with Gasteiger partial charge in [0.1, 0.15) is 11.8 Å². The van der Waals surface area contributed by atoms with Crippen molar-refractivity contribution in [2.75, 3.05) is 20.2 Å². The van der Waals surface area contributed by atoms with Gasteiger partial charge in [0.05, 0.1) is 13.5 Å². The molecule has 29 heavy (non-hydrogen) atoms. The molecule has 0 radical (unpaired) electrons. The smallest absolute Gasteiger partial charge is 0.254 e. The van der Waals surface area contributed by atoms with Gasteiger partial charge in [0.2, 0.25) is 17.6 Å². The van der Waals surface area contributed by atoms with Gasteiger partial charge < -0.3 is 19.5 Å². The number of carbonyl (C=O) groups is 2. The molecule has 4 rings (SSSR count). The van der Waals surface area contributed by atoms with Crippen LogP contribution in [0.5, 0.6) is 5.75 Å². The summed E-state index contributed by atoms with van der Waals surface area (Å²) < 4.78 is 10.5. The first-order chi connectivity index (χ1) is 14.2. The average molecular weight is 392 g/mol. The number of piperazine rings is 1. The van der Waals surface area contributed by atoms with Gasteiger partial charge in [-0.3, -0.25) is 9.59 Å². The van der Waals surface area contributed by atoms with Crippen molar-refractivity contribution in [1.29, 1.82) is 0 Å². The van der Waals surface area contributed by atoms with Crippen LogP contribution in [0.1, 0.15) is 16.2 Å². The molecule has 0 saturated carbocycles. The Bertz CT molecular complexity index is 1020. The predicted octanol–water partition coefficient (Wildman–Crippen LogP) is 1.93. The van der Waals surface area contributed by atoms with Gasteiger partial charge >= 0.3 is 0 Å². The van der Waals surface area contributed by atoms with Crippen molar-refractivity contribution in [3.63, 3.8) is 0 Å². The van der Waals surface area contributed by atoms with Crippen LogP contribution >= 0.6 is 0 Å². The molecule has 1 unspecified atom stereocenters. The topological polar surface area (TPSA) is 97.6 Å². The fraction of sp³-hybridized carbons (Fsp3) is 0.238. The number of carbonyl (C=O) groups excluding carboxylic acids is 2. The number of hydrogen-bond acceptors (Lipinski definition) is 6. The van der Waals surface area contributed by atoms with Crippen LogP contribution in [0, 0.1) is 0 Å². The van der Waals surface area contributed by atoms with E-state index in [1.807, 2.05) is 30.3 Å². The van der Waals surface area contributed by atoms with Crippen molar-refractivity contribution in [3.8, 4) is 17.1 Å². The molecule has 1 N–H and O–H groups in total. The Balaban J connectivity index is 1.56. The van der Waals surface area contributed by atoms with Crippen LogP contribution in [0.4, 0.5) is 0 Å². The molecule has 1 aliphatic rings. The van der Waals surface area contributed by atoms with Gasteiger partial charge in [0.15, 0.2) is 0 Å². The quantitative estimate of drug-likeness (QED) is 0.713. The van der Waals surface area contributed by atoms with E-state index in [0.717, 1.165) is 5.56 Å². The van der Waals surface area contributed by atoms with Crippen LogP contribution in [0.25, 0.3) is 11.4 Å². The number of benzene rings is 2. The molecule has 148 valence electrons. The summed E-state index contributed by atoms with van der Waals surface area (Å²) in [6.07, 6.45) is 0.140. The Hall–Kier alpha value is -3.68. The van der Waals surface area contributed by atoms with Crippen molar-refractivity contribution >= 4 is 11.8 Å². The molecule has 0 aliphatic carbocycles. The summed E-state index contributed by atoms with van der Waals surface area (Å²) in [5, 5.41) is 6.79. The number of methoxy groups -OCH3 is 1. The fourth-order valence-electron chi connectivity index (χ4n) is 3.29. The zero-order valence-electron chi connectivity index (χ0n) is 15.9. The van der Waals surface area contributed by atoms with Gasteiger partial charge in [-0.2, -0.15) is 4.98 Å². The van der Waals surface area contributed by atoms with E-state index in [4.69, 9.17) is 9.26 Å². The lowest BCUT2D eigenvalue weighted by Gasteiger charge is -2.34. The molecular formula is C21H20N4O4. The van der Waals surface area contributed by atoms with Crippen LogP contribution in [0.2, 0.25) is 0 Å². The third-order valence-corrected chi connectivity index (χ3v) is 4.78. The highest BCUT2D eigenvalue weighted by atomic mass is 16.5. The number of hydrogen-bond donors (Lipinski definition) is 1. The lowest BCUT2D eigenvalue weighted by molar-refractivity contribution is -0.127. The second-order valence-electron chi connectivity index (χ2n) is 6.62.